The van der Waals surface area contributed by atoms with Gasteiger partial charge in [-0.25, -0.2) is 9.78 Å². The molecule has 0 spiro atoms. The van der Waals surface area contributed by atoms with Crippen LogP contribution in [0.15, 0.2) is 29.3 Å². The summed E-state index contributed by atoms with van der Waals surface area (Å²) in [6, 6.07) is 3.79. The summed E-state index contributed by atoms with van der Waals surface area (Å²) in [4.78, 5) is 40.1. The molecule has 2 amide bonds. The Morgan fingerprint density at radius 3 is 2.93 bits per heavy atom. The van der Waals surface area contributed by atoms with Crippen molar-refractivity contribution in [3.05, 3.63) is 51.7 Å². The van der Waals surface area contributed by atoms with Crippen molar-refractivity contribution in [2.75, 3.05) is 31.6 Å². The van der Waals surface area contributed by atoms with E-state index in [2.05, 4.69) is 20.3 Å². The van der Waals surface area contributed by atoms with Gasteiger partial charge in [-0.1, -0.05) is 13.0 Å². The Labute approximate surface area is 158 Å². The van der Waals surface area contributed by atoms with Gasteiger partial charge in [0.15, 0.2) is 0 Å². The van der Waals surface area contributed by atoms with Crippen LogP contribution in [0.3, 0.4) is 0 Å². The third-order valence-electron chi connectivity index (χ3n) is 4.66. The first kappa shape index (κ1) is 18.9. The van der Waals surface area contributed by atoms with Crippen molar-refractivity contribution < 1.29 is 4.79 Å². The second kappa shape index (κ2) is 8.66. The second-order valence-corrected chi connectivity index (χ2v) is 6.75. The van der Waals surface area contributed by atoms with Crippen molar-refractivity contribution in [2.24, 2.45) is 0 Å². The Kier molecular flexibility index (Phi) is 6.05. The highest BCUT2D eigenvalue weighted by atomic mass is 16.2. The molecule has 0 atom stereocenters. The number of hydrogen-bond donors (Lipinski definition) is 2. The average molecular weight is 370 g/mol. The smallest absolute Gasteiger partial charge is 0.317 e. The zero-order chi connectivity index (χ0) is 19.2. The van der Waals surface area contributed by atoms with Crippen LogP contribution in [0, 0.1) is 0 Å². The van der Waals surface area contributed by atoms with Gasteiger partial charge in [-0.15, -0.1) is 0 Å². The normalized spacial score (nSPS) is 13.6. The number of pyridine rings is 1. The predicted molar refractivity (Wildman–Crippen MR) is 104 cm³/mol. The maximum atomic E-state index is 12.6. The molecule has 2 N–H and O–H groups in total. The van der Waals surface area contributed by atoms with Gasteiger partial charge in [-0.05, 0) is 24.5 Å². The zero-order valence-electron chi connectivity index (χ0n) is 15.9. The number of carbonyl (C=O) groups is 1. The third kappa shape index (κ3) is 4.64. The monoisotopic (exact) mass is 370 g/mol. The molecule has 2 aromatic rings. The minimum atomic E-state index is -0.121. The Morgan fingerprint density at radius 1 is 1.37 bits per heavy atom. The van der Waals surface area contributed by atoms with Crippen LogP contribution in [0.4, 0.5) is 10.7 Å². The Morgan fingerprint density at radius 2 is 2.19 bits per heavy atom. The number of amides is 2. The topological polar surface area (TPSA) is 94.2 Å². The van der Waals surface area contributed by atoms with Gasteiger partial charge < -0.3 is 15.1 Å². The molecular formula is C19H26N6O2. The summed E-state index contributed by atoms with van der Waals surface area (Å²) < 4.78 is 0. The van der Waals surface area contributed by atoms with Gasteiger partial charge in [0.25, 0.3) is 5.56 Å². The van der Waals surface area contributed by atoms with Crippen LogP contribution in [0.1, 0.15) is 30.2 Å². The van der Waals surface area contributed by atoms with E-state index in [9.17, 15) is 9.59 Å². The Bertz CT molecular complexity index is 836. The van der Waals surface area contributed by atoms with E-state index in [1.807, 2.05) is 31.0 Å². The molecule has 0 radical (unpaired) electrons. The van der Waals surface area contributed by atoms with E-state index in [0.29, 0.717) is 50.5 Å². The summed E-state index contributed by atoms with van der Waals surface area (Å²) in [6.07, 6.45) is 5.52. The lowest BCUT2D eigenvalue weighted by atomic mass is 10.1. The quantitative estimate of drug-likeness (QED) is 0.828. The molecule has 0 saturated heterocycles. The lowest BCUT2D eigenvalue weighted by Crippen LogP contribution is -2.41. The molecular weight excluding hydrogens is 344 g/mol. The standard InChI is InChI=1S/C19H26N6O2/c1-3-8-21-19(27)25-10-6-15-16(7-11-25)22-18(23-17(15)26)24(2)13-14-5-4-9-20-12-14/h4-5,9,12H,3,6-8,10-11,13H2,1-2H3,(H,21,27)(H,22,23,26). The number of urea groups is 1. The molecule has 1 aliphatic rings. The lowest BCUT2D eigenvalue weighted by Gasteiger charge is -2.20. The highest BCUT2D eigenvalue weighted by Crippen LogP contribution is 2.15. The first-order valence-corrected chi connectivity index (χ1v) is 9.33. The van der Waals surface area contributed by atoms with Crippen LogP contribution in [0.25, 0.3) is 0 Å². The molecule has 0 aromatic carbocycles. The number of carbonyl (C=O) groups excluding carboxylic acids is 1. The summed E-state index contributed by atoms with van der Waals surface area (Å²) in [5.74, 6) is 0.534. The van der Waals surface area contributed by atoms with E-state index in [0.717, 1.165) is 17.7 Å². The summed E-state index contributed by atoms with van der Waals surface area (Å²) in [7, 11) is 1.89. The number of aromatic nitrogens is 3. The number of anilines is 1. The second-order valence-electron chi connectivity index (χ2n) is 6.75. The fourth-order valence-corrected chi connectivity index (χ4v) is 3.16. The molecule has 144 valence electrons. The zero-order valence-corrected chi connectivity index (χ0v) is 15.9. The molecule has 27 heavy (non-hydrogen) atoms. The lowest BCUT2D eigenvalue weighted by molar-refractivity contribution is 0.200. The number of H-pyrrole nitrogens is 1. The molecule has 0 unspecified atom stereocenters. The SMILES string of the molecule is CCCNC(=O)N1CCc2nc(N(C)Cc3cccnc3)[nH]c(=O)c2CC1. The van der Waals surface area contributed by atoms with Gasteiger partial charge in [0.2, 0.25) is 5.95 Å². The van der Waals surface area contributed by atoms with Crippen molar-refractivity contribution in [1.82, 2.24) is 25.2 Å². The van der Waals surface area contributed by atoms with Crippen molar-refractivity contribution in [3.8, 4) is 0 Å². The first-order valence-electron chi connectivity index (χ1n) is 9.33. The van der Waals surface area contributed by atoms with Crippen LogP contribution in [-0.4, -0.2) is 52.6 Å². The number of nitrogens with zero attached hydrogens (tertiary/aromatic N) is 4. The fraction of sp³-hybridized carbons (Fsp3) is 0.474. The van der Waals surface area contributed by atoms with E-state index >= 15 is 0 Å². The van der Waals surface area contributed by atoms with E-state index in [1.165, 1.54) is 0 Å². The van der Waals surface area contributed by atoms with Gasteiger partial charge in [-0.3, -0.25) is 14.8 Å². The molecule has 1 aliphatic heterocycles. The number of hydrogen-bond acceptors (Lipinski definition) is 5. The predicted octanol–water partition coefficient (Wildman–Crippen LogP) is 1.32. The third-order valence-corrected chi connectivity index (χ3v) is 4.66. The van der Waals surface area contributed by atoms with E-state index < -0.39 is 0 Å². The average Bonchev–Trinajstić information content (AvgIpc) is 2.90. The summed E-state index contributed by atoms with van der Waals surface area (Å²) in [6.45, 7) is 4.36. The van der Waals surface area contributed by atoms with Crippen molar-refractivity contribution >= 4 is 12.0 Å². The molecule has 0 bridgehead atoms. The molecule has 8 heteroatoms. The van der Waals surface area contributed by atoms with Crippen molar-refractivity contribution in [3.63, 3.8) is 0 Å². The van der Waals surface area contributed by atoms with E-state index in [1.54, 1.807) is 17.3 Å². The van der Waals surface area contributed by atoms with E-state index in [-0.39, 0.29) is 11.6 Å². The maximum Gasteiger partial charge on any atom is 0.317 e. The molecule has 8 nitrogen and oxygen atoms in total. The molecule has 0 fully saturated rings. The molecule has 0 saturated carbocycles. The summed E-state index contributed by atoms with van der Waals surface area (Å²) in [5, 5.41) is 2.89. The largest absolute Gasteiger partial charge is 0.341 e. The highest BCUT2D eigenvalue weighted by Gasteiger charge is 2.22. The van der Waals surface area contributed by atoms with Crippen LogP contribution in [0.2, 0.25) is 0 Å². The van der Waals surface area contributed by atoms with Crippen molar-refractivity contribution in [2.45, 2.75) is 32.7 Å². The van der Waals surface area contributed by atoms with Crippen LogP contribution < -0.4 is 15.8 Å². The number of fused-ring (bicyclic) bond motifs is 1. The maximum absolute atomic E-state index is 12.6. The summed E-state index contributed by atoms with van der Waals surface area (Å²) >= 11 is 0. The molecule has 2 aromatic heterocycles. The van der Waals surface area contributed by atoms with Crippen LogP contribution >= 0.6 is 0 Å². The van der Waals surface area contributed by atoms with Crippen LogP contribution in [0.5, 0.6) is 0 Å². The first-order chi connectivity index (χ1) is 13.1. The van der Waals surface area contributed by atoms with Gasteiger partial charge in [0, 0.05) is 57.6 Å². The minimum Gasteiger partial charge on any atom is -0.341 e. The van der Waals surface area contributed by atoms with Crippen LogP contribution in [-0.2, 0) is 19.4 Å². The van der Waals surface area contributed by atoms with Gasteiger partial charge in [0.1, 0.15) is 0 Å². The van der Waals surface area contributed by atoms with Gasteiger partial charge in [0.05, 0.1) is 5.69 Å². The van der Waals surface area contributed by atoms with Gasteiger partial charge >= 0.3 is 6.03 Å². The Hall–Kier alpha value is -2.90. The summed E-state index contributed by atoms with van der Waals surface area (Å²) in [5.41, 5.74) is 2.37. The molecule has 3 rings (SSSR count). The van der Waals surface area contributed by atoms with Crippen molar-refractivity contribution in [1.29, 1.82) is 0 Å². The number of nitrogens with one attached hydrogen (secondary N) is 2. The highest BCUT2D eigenvalue weighted by molar-refractivity contribution is 5.74. The molecule has 0 aliphatic carbocycles. The fourth-order valence-electron chi connectivity index (χ4n) is 3.16. The number of rotatable bonds is 5. The number of aromatic amines is 1. The molecule has 3 heterocycles. The van der Waals surface area contributed by atoms with E-state index in [4.69, 9.17) is 0 Å². The Balaban J connectivity index is 1.74. The van der Waals surface area contributed by atoms with Gasteiger partial charge in [-0.2, -0.15) is 0 Å². The minimum absolute atomic E-state index is 0.0741.